The van der Waals surface area contributed by atoms with Gasteiger partial charge in [0.15, 0.2) is 0 Å². The number of rotatable bonds is 7. The Hall–Kier alpha value is -1.75. The van der Waals surface area contributed by atoms with E-state index in [0.717, 1.165) is 18.0 Å². The zero-order chi connectivity index (χ0) is 13.3. The number of hydrogen-bond acceptors (Lipinski definition) is 3. The molecule has 0 fully saturated rings. The number of benzene rings is 1. The number of amides is 1. The molecule has 0 saturated carbocycles. The molecule has 0 radical (unpaired) electrons. The fourth-order valence-electron chi connectivity index (χ4n) is 1.64. The van der Waals surface area contributed by atoms with Gasteiger partial charge >= 0.3 is 0 Å². The van der Waals surface area contributed by atoms with Crippen LogP contribution in [0.5, 0.6) is 0 Å². The van der Waals surface area contributed by atoms with Crippen molar-refractivity contribution in [1.29, 1.82) is 0 Å². The van der Waals surface area contributed by atoms with E-state index < -0.39 is 0 Å². The first-order valence-electron chi connectivity index (χ1n) is 6.21. The van der Waals surface area contributed by atoms with Gasteiger partial charge in [0.1, 0.15) is 5.82 Å². The van der Waals surface area contributed by atoms with Crippen LogP contribution in [0.3, 0.4) is 0 Å². The SMILES string of the molecule is O=C(CSCc1ccccc1)NCCc1ncc[nH]1. The molecule has 0 unspecified atom stereocenters. The minimum Gasteiger partial charge on any atom is -0.355 e. The Balaban J connectivity index is 1.57. The highest BCUT2D eigenvalue weighted by molar-refractivity contribution is 7.99. The van der Waals surface area contributed by atoms with Gasteiger partial charge in [0.05, 0.1) is 5.75 Å². The average Bonchev–Trinajstić information content (AvgIpc) is 2.93. The number of aromatic amines is 1. The van der Waals surface area contributed by atoms with Crippen molar-refractivity contribution in [3.63, 3.8) is 0 Å². The summed E-state index contributed by atoms with van der Waals surface area (Å²) >= 11 is 1.63. The van der Waals surface area contributed by atoms with Gasteiger partial charge in [-0.1, -0.05) is 30.3 Å². The van der Waals surface area contributed by atoms with Crippen LogP contribution in [0.25, 0.3) is 0 Å². The highest BCUT2D eigenvalue weighted by Gasteiger charge is 2.02. The lowest BCUT2D eigenvalue weighted by Crippen LogP contribution is -2.27. The van der Waals surface area contributed by atoms with Gasteiger partial charge in [-0.05, 0) is 5.56 Å². The van der Waals surface area contributed by atoms with Crippen LogP contribution in [-0.2, 0) is 17.0 Å². The molecule has 1 heterocycles. The van der Waals surface area contributed by atoms with Crippen molar-refractivity contribution < 1.29 is 4.79 Å². The molecule has 0 aliphatic rings. The zero-order valence-electron chi connectivity index (χ0n) is 10.6. The summed E-state index contributed by atoms with van der Waals surface area (Å²) in [5, 5.41) is 2.89. The van der Waals surface area contributed by atoms with Crippen LogP contribution in [0, 0.1) is 0 Å². The summed E-state index contributed by atoms with van der Waals surface area (Å²) in [5.74, 6) is 2.34. The van der Waals surface area contributed by atoms with Crippen LogP contribution in [-0.4, -0.2) is 28.2 Å². The van der Waals surface area contributed by atoms with Crippen molar-refractivity contribution >= 4 is 17.7 Å². The molecule has 2 aromatic rings. The molecule has 19 heavy (non-hydrogen) atoms. The highest BCUT2D eigenvalue weighted by Crippen LogP contribution is 2.10. The molecule has 0 bridgehead atoms. The van der Waals surface area contributed by atoms with E-state index >= 15 is 0 Å². The third-order valence-corrected chi connectivity index (χ3v) is 3.59. The summed E-state index contributed by atoms with van der Waals surface area (Å²) in [7, 11) is 0. The van der Waals surface area contributed by atoms with Crippen LogP contribution in [0.15, 0.2) is 42.7 Å². The van der Waals surface area contributed by atoms with Gasteiger partial charge in [0.25, 0.3) is 0 Å². The van der Waals surface area contributed by atoms with Crippen molar-refractivity contribution in [2.75, 3.05) is 12.3 Å². The Morgan fingerprint density at radius 1 is 1.32 bits per heavy atom. The van der Waals surface area contributed by atoms with Gasteiger partial charge < -0.3 is 10.3 Å². The standard InChI is InChI=1S/C14H17N3OS/c18-14(17-7-6-13-15-8-9-16-13)11-19-10-12-4-2-1-3-5-12/h1-5,8-9H,6-7,10-11H2,(H,15,16)(H,17,18). The fraction of sp³-hybridized carbons (Fsp3) is 0.286. The van der Waals surface area contributed by atoms with E-state index in [1.165, 1.54) is 5.56 Å². The maximum atomic E-state index is 11.6. The summed E-state index contributed by atoms with van der Waals surface area (Å²) in [4.78, 5) is 18.7. The summed E-state index contributed by atoms with van der Waals surface area (Å²) in [6.07, 6.45) is 4.24. The molecule has 0 aliphatic carbocycles. The van der Waals surface area contributed by atoms with Crippen LogP contribution >= 0.6 is 11.8 Å². The number of carbonyl (C=O) groups excluding carboxylic acids is 1. The Labute approximate surface area is 117 Å². The number of hydrogen-bond donors (Lipinski definition) is 2. The van der Waals surface area contributed by atoms with Gasteiger partial charge in [0.2, 0.25) is 5.91 Å². The molecule has 0 aliphatic heterocycles. The predicted molar refractivity (Wildman–Crippen MR) is 77.9 cm³/mol. The van der Waals surface area contributed by atoms with E-state index in [1.54, 1.807) is 24.2 Å². The van der Waals surface area contributed by atoms with E-state index in [0.29, 0.717) is 12.3 Å². The minimum absolute atomic E-state index is 0.0764. The lowest BCUT2D eigenvalue weighted by molar-refractivity contribution is -0.118. The first-order valence-corrected chi connectivity index (χ1v) is 7.36. The fourth-order valence-corrected chi connectivity index (χ4v) is 2.46. The average molecular weight is 275 g/mol. The predicted octanol–water partition coefficient (Wildman–Crippen LogP) is 2.00. The van der Waals surface area contributed by atoms with E-state index in [1.807, 2.05) is 18.2 Å². The Morgan fingerprint density at radius 2 is 2.16 bits per heavy atom. The van der Waals surface area contributed by atoms with Crippen molar-refractivity contribution in [3.05, 3.63) is 54.1 Å². The van der Waals surface area contributed by atoms with Crippen molar-refractivity contribution in [2.45, 2.75) is 12.2 Å². The van der Waals surface area contributed by atoms with Crippen LogP contribution in [0.1, 0.15) is 11.4 Å². The number of nitrogens with zero attached hydrogens (tertiary/aromatic N) is 1. The monoisotopic (exact) mass is 275 g/mol. The third kappa shape index (κ3) is 5.18. The molecule has 0 atom stereocenters. The maximum Gasteiger partial charge on any atom is 0.230 e. The highest BCUT2D eigenvalue weighted by atomic mass is 32.2. The number of carbonyl (C=O) groups is 1. The van der Waals surface area contributed by atoms with Crippen LogP contribution in [0.4, 0.5) is 0 Å². The summed E-state index contributed by atoms with van der Waals surface area (Å²) < 4.78 is 0. The second kappa shape index (κ2) is 7.63. The van der Waals surface area contributed by atoms with Gasteiger partial charge in [-0.15, -0.1) is 11.8 Å². The molecule has 0 saturated heterocycles. The summed E-state index contributed by atoms with van der Waals surface area (Å²) in [5.41, 5.74) is 1.25. The molecular formula is C14H17N3OS. The van der Waals surface area contributed by atoms with E-state index in [-0.39, 0.29) is 5.91 Å². The largest absolute Gasteiger partial charge is 0.355 e. The van der Waals surface area contributed by atoms with Gasteiger partial charge in [-0.25, -0.2) is 4.98 Å². The second-order valence-electron chi connectivity index (χ2n) is 4.11. The first-order chi connectivity index (χ1) is 9.34. The normalized spacial score (nSPS) is 10.3. The topological polar surface area (TPSA) is 57.8 Å². The van der Waals surface area contributed by atoms with Gasteiger partial charge in [-0.3, -0.25) is 4.79 Å². The second-order valence-corrected chi connectivity index (χ2v) is 5.10. The Morgan fingerprint density at radius 3 is 2.89 bits per heavy atom. The molecule has 1 aromatic carbocycles. The van der Waals surface area contributed by atoms with Gasteiger partial charge in [-0.2, -0.15) is 0 Å². The lowest BCUT2D eigenvalue weighted by Gasteiger charge is -2.04. The van der Waals surface area contributed by atoms with E-state index in [9.17, 15) is 4.79 Å². The van der Waals surface area contributed by atoms with E-state index in [2.05, 4.69) is 27.4 Å². The zero-order valence-corrected chi connectivity index (χ0v) is 11.5. The molecule has 0 spiro atoms. The minimum atomic E-state index is 0.0764. The molecule has 5 heteroatoms. The number of imidazole rings is 1. The molecule has 2 rings (SSSR count). The Kier molecular flexibility index (Phi) is 5.49. The third-order valence-electron chi connectivity index (χ3n) is 2.58. The van der Waals surface area contributed by atoms with Crippen LogP contribution < -0.4 is 5.32 Å². The van der Waals surface area contributed by atoms with E-state index in [4.69, 9.17) is 0 Å². The van der Waals surface area contributed by atoms with Crippen LogP contribution in [0.2, 0.25) is 0 Å². The molecular weight excluding hydrogens is 258 g/mol. The number of thioether (sulfide) groups is 1. The molecule has 100 valence electrons. The van der Waals surface area contributed by atoms with Gasteiger partial charge in [0, 0.05) is 31.1 Å². The summed E-state index contributed by atoms with van der Waals surface area (Å²) in [6.45, 7) is 0.623. The molecule has 1 amide bonds. The molecule has 1 aromatic heterocycles. The van der Waals surface area contributed by atoms with Crippen molar-refractivity contribution in [3.8, 4) is 0 Å². The molecule has 4 nitrogen and oxygen atoms in total. The van der Waals surface area contributed by atoms with Crippen molar-refractivity contribution in [1.82, 2.24) is 15.3 Å². The number of H-pyrrole nitrogens is 1. The Bertz CT molecular complexity index is 485. The molecule has 2 N–H and O–H groups in total. The smallest absolute Gasteiger partial charge is 0.230 e. The quantitative estimate of drug-likeness (QED) is 0.812. The number of aromatic nitrogens is 2. The first kappa shape index (κ1) is 13.7. The summed E-state index contributed by atoms with van der Waals surface area (Å²) in [6, 6.07) is 10.2. The number of nitrogens with one attached hydrogen (secondary N) is 2. The van der Waals surface area contributed by atoms with Crippen molar-refractivity contribution in [2.24, 2.45) is 0 Å². The maximum absolute atomic E-state index is 11.6. The lowest BCUT2D eigenvalue weighted by atomic mass is 10.2.